The van der Waals surface area contributed by atoms with Gasteiger partial charge in [0.25, 0.3) is 0 Å². The highest BCUT2D eigenvalue weighted by molar-refractivity contribution is 4.95. The molecule has 14 heavy (non-hydrogen) atoms. The van der Waals surface area contributed by atoms with Crippen molar-refractivity contribution in [3.8, 4) is 12.3 Å². The van der Waals surface area contributed by atoms with E-state index < -0.39 is 0 Å². The van der Waals surface area contributed by atoms with Crippen LogP contribution < -0.4 is 5.32 Å². The first kappa shape index (κ1) is 10.0. The molecule has 1 aliphatic carbocycles. The fraction of sp³-hybridized carbons (Fsp3) is 0.833. The van der Waals surface area contributed by atoms with Crippen molar-refractivity contribution in [3.63, 3.8) is 0 Å². The molecule has 1 heterocycles. The molecule has 0 aromatic carbocycles. The van der Waals surface area contributed by atoms with Crippen LogP contribution in [0.4, 0.5) is 0 Å². The van der Waals surface area contributed by atoms with E-state index in [2.05, 4.69) is 11.2 Å². The lowest BCUT2D eigenvalue weighted by Crippen LogP contribution is -2.45. The molecule has 1 spiro atoms. The largest absolute Gasteiger partial charge is 0.375 e. The summed E-state index contributed by atoms with van der Waals surface area (Å²) in [5.74, 6) is 2.64. The molecule has 0 aromatic heterocycles. The van der Waals surface area contributed by atoms with E-state index >= 15 is 0 Å². The zero-order chi connectivity index (χ0) is 9.86. The zero-order valence-corrected chi connectivity index (χ0v) is 8.72. The predicted molar refractivity (Wildman–Crippen MR) is 57.0 cm³/mol. The van der Waals surface area contributed by atoms with Crippen LogP contribution in [0, 0.1) is 12.3 Å². The highest BCUT2D eigenvalue weighted by Gasteiger charge is 2.39. The van der Waals surface area contributed by atoms with Crippen LogP contribution in [0.25, 0.3) is 0 Å². The number of ether oxygens (including phenoxy) is 1. The third-order valence-corrected chi connectivity index (χ3v) is 3.50. The minimum absolute atomic E-state index is 0.213. The average Bonchev–Trinajstić information content (AvgIpc) is 2.63. The van der Waals surface area contributed by atoms with Gasteiger partial charge in [0, 0.05) is 12.6 Å². The SMILES string of the molecule is C#CCNC1CCOC2(CCCC2)C1. The second kappa shape index (κ2) is 4.33. The molecule has 1 atom stereocenters. The van der Waals surface area contributed by atoms with Crippen molar-refractivity contribution in [1.82, 2.24) is 5.32 Å². The predicted octanol–water partition coefficient (Wildman–Crippen LogP) is 1.70. The van der Waals surface area contributed by atoms with E-state index in [1.807, 2.05) is 0 Å². The summed E-state index contributed by atoms with van der Waals surface area (Å²) in [5, 5.41) is 3.41. The van der Waals surface area contributed by atoms with Crippen molar-refractivity contribution in [2.24, 2.45) is 0 Å². The molecule has 2 fully saturated rings. The fourth-order valence-electron chi connectivity index (χ4n) is 2.77. The molecule has 1 saturated heterocycles. The summed E-state index contributed by atoms with van der Waals surface area (Å²) in [6.07, 6.45) is 12.7. The third-order valence-electron chi connectivity index (χ3n) is 3.50. The zero-order valence-electron chi connectivity index (χ0n) is 8.72. The van der Waals surface area contributed by atoms with Gasteiger partial charge in [0.2, 0.25) is 0 Å². The van der Waals surface area contributed by atoms with Gasteiger partial charge in [0.1, 0.15) is 0 Å². The molecule has 1 aliphatic heterocycles. The maximum atomic E-state index is 5.94. The second-order valence-electron chi connectivity index (χ2n) is 4.51. The molecule has 2 aliphatic rings. The number of hydrogen-bond acceptors (Lipinski definition) is 2. The highest BCUT2D eigenvalue weighted by Crippen LogP contribution is 2.39. The van der Waals surface area contributed by atoms with Crippen molar-refractivity contribution in [1.29, 1.82) is 0 Å². The molecule has 0 radical (unpaired) electrons. The van der Waals surface area contributed by atoms with Gasteiger partial charge in [0.15, 0.2) is 0 Å². The summed E-state index contributed by atoms with van der Waals surface area (Å²) in [4.78, 5) is 0. The molecule has 0 aromatic rings. The summed E-state index contributed by atoms with van der Waals surface area (Å²) in [6.45, 7) is 1.60. The van der Waals surface area contributed by atoms with Gasteiger partial charge in [-0.05, 0) is 25.7 Å². The molecule has 1 N–H and O–H groups in total. The topological polar surface area (TPSA) is 21.3 Å². The quantitative estimate of drug-likeness (QED) is 0.674. The summed E-state index contributed by atoms with van der Waals surface area (Å²) in [5.41, 5.74) is 0.213. The maximum absolute atomic E-state index is 5.94. The third kappa shape index (κ3) is 2.10. The average molecular weight is 193 g/mol. The summed E-state index contributed by atoms with van der Waals surface area (Å²) in [6, 6.07) is 0.581. The van der Waals surface area contributed by atoms with Crippen molar-refractivity contribution >= 4 is 0 Å². The number of terminal acetylenes is 1. The van der Waals surface area contributed by atoms with Gasteiger partial charge in [-0.2, -0.15) is 0 Å². The van der Waals surface area contributed by atoms with Gasteiger partial charge < -0.3 is 10.1 Å². The first-order valence-electron chi connectivity index (χ1n) is 5.65. The molecular formula is C12H19NO. The van der Waals surface area contributed by atoms with Gasteiger partial charge in [0.05, 0.1) is 12.1 Å². The normalized spacial score (nSPS) is 30.4. The first-order valence-corrected chi connectivity index (χ1v) is 5.65. The van der Waals surface area contributed by atoms with Gasteiger partial charge in [-0.1, -0.05) is 18.8 Å². The smallest absolute Gasteiger partial charge is 0.0697 e. The summed E-state index contributed by atoms with van der Waals surface area (Å²) in [7, 11) is 0. The van der Waals surface area contributed by atoms with E-state index in [9.17, 15) is 0 Å². The van der Waals surface area contributed by atoms with Crippen LogP contribution in [0.2, 0.25) is 0 Å². The lowest BCUT2D eigenvalue weighted by atomic mass is 9.89. The van der Waals surface area contributed by atoms with Crippen molar-refractivity contribution in [2.45, 2.75) is 50.2 Å². The van der Waals surface area contributed by atoms with Gasteiger partial charge in [-0.3, -0.25) is 0 Å². The molecule has 2 nitrogen and oxygen atoms in total. The Morgan fingerprint density at radius 3 is 2.93 bits per heavy atom. The van der Waals surface area contributed by atoms with Gasteiger partial charge >= 0.3 is 0 Å². The molecule has 0 amide bonds. The van der Waals surface area contributed by atoms with Crippen molar-refractivity contribution in [2.75, 3.05) is 13.2 Å². The Bertz CT molecular complexity index is 225. The van der Waals surface area contributed by atoms with Crippen molar-refractivity contribution in [3.05, 3.63) is 0 Å². The van der Waals surface area contributed by atoms with Crippen LogP contribution in [0.1, 0.15) is 38.5 Å². The minimum atomic E-state index is 0.213. The Morgan fingerprint density at radius 1 is 1.43 bits per heavy atom. The Kier molecular flexibility index (Phi) is 3.10. The Labute approximate surface area is 86.4 Å². The highest BCUT2D eigenvalue weighted by atomic mass is 16.5. The molecule has 2 heteroatoms. The fourth-order valence-corrected chi connectivity index (χ4v) is 2.77. The lowest BCUT2D eigenvalue weighted by Gasteiger charge is -2.38. The van der Waals surface area contributed by atoms with E-state index in [4.69, 9.17) is 11.2 Å². The second-order valence-corrected chi connectivity index (χ2v) is 4.51. The monoisotopic (exact) mass is 193 g/mol. The number of rotatable bonds is 2. The molecule has 1 unspecified atom stereocenters. The Balaban J connectivity index is 1.87. The van der Waals surface area contributed by atoms with Gasteiger partial charge in [-0.15, -0.1) is 6.42 Å². The molecule has 0 bridgehead atoms. The van der Waals surface area contributed by atoms with E-state index in [0.29, 0.717) is 12.6 Å². The van der Waals surface area contributed by atoms with E-state index in [-0.39, 0.29) is 5.60 Å². The Morgan fingerprint density at radius 2 is 2.21 bits per heavy atom. The number of hydrogen-bond donors (Lipinski definition) is 1. The number of nitrogens with one attached hydrogen (secondary N) is 1. The lowest BCUT2D eigenvalue weighted by molar-refractivity contribution is -0.0831. The van der Waals surface area contributed by atoms with Crippen LogP contribution in [-0.4, -0.2) is 24.8 Å². The first-order chi connectivity index (χ1) is 6.85. The van der Waals surface area contributed by atoms with Crippen LogP contribution in [0.3, 0.4) is 0 Å². The molecule has 78 valence electrons. The van der Waals surface area contributed by atoms with Crippen LogP contribution >= 0.6 is 0 Å². The van der Waals surface area contributed by atoms with Gasteiger partial charge in [-0.25, -0.2) is 0 Å². The minimum Gasteiger partial charge on any atom is -0.375 e. The van der Waals surface area contributed by atoms with Crippen molar-refractivity contribution < 1.29 is 4.74 Å². The maximum Gasteiger partial charge on any atom is 0.0697 e. The van der Waals surface area contributed by atoms with Crippen LogP contribution in [-0.2, 0) is 4.74 Å². The van der Waals surface area contributed by atoms with E-state index in [0.717, 1.165) is 19.4 Å². The van der Waals surface area contributed by atoms with Crippen LogP contribution in [0.5, 0.6) is 0 Å². The Hall–Kier alpha value is -0.520. The standard InChI is InChI=1S/C12H19NO/c1-2-8-13-11-5-9-14-12(10-11)6-3-4-7-12/h1,11,13H,3-10H2. The summed E-state index contributed by atoms with van der Waals surface area (Å²) < 4.78 is 5.94. The summed E-state index contributed by atoms with van der Waals surface area (Å²) >= 11 is 0. The van der Waals surface area contributed by atoms with E-state index in [1.165, 1.54) is 25.7 Å². The van der Waals surface area contributed by atoms with E-state index in [1.54, 1.807) is 0 Å². The molecule has 2 rings (SSSR count). The van der Waals surface area contributed by atoms with Crippen LogP contribution in [0.15, 0.2) is 0 Å². The molecular weight excluding hydrogens is 174 g/mol. The molecule has 1 saturated carbocycles.